The first-order chi connectivity index (χ1) is 19.8. The topological polar surface area (TPSA) is 117 Å². The Morgan fingerprint density at radius 3 is 2.54 bits per heavy atom. The number of hydrogen-bond acceptors (Lipinski definition) is 7. The summed E-state index contributed by atoms with van der Waals surface area (Å²) >= 11 is 0. The van der Waals surface area contributed by atoms with Gasteiger partial charge in [0.25, 0.3) is 5.91 Å². The van der Waals surface area contributed by atoms with Gasteiger partial charge < -0.3 is 35.3 Å². The fourth-order valence-corrected chi connectivity index (χ4v) is 5.24. The van der Waals surface area contributed by atoms with Crippen molar-refractivity contribution in [3.63, 3.8) is 0 Å². The molecule has 1 aliphatic heterocycles. The number of aromatic nitrogens is 2. The van der Waals surface area contributed by atoms with E-state index in [0.29, 0.717) is 79.4 Å². The van der Waals surface area contributed by atoms with Crippen LogP contribution in [0, 0.1) is 5.82 Å². The van der Waals surface area contributed by atoms with Crippen molar-refractivity contribution in [3.05, 3.63) is 90.5 Å². The molecule has 0 aliphatic carbocycles. The first kappa shape index (κ1) is 27.7. The Hall–Kier alpha value is -4.86. The van der Waals surface area contributed by atoms with E-state index >= 15 is 0 Å². The minimum atomic E-state index is -0.522. The number of nitrogens with two attached hydrogens (primary N) is 1. The maximum absolute atomic E-state index is 13.5. The van der Waals surface area contributed by atoms with Gasteiger partial charge in [0.2, 0.25) is 0 Å². The molecule has 1 fully saturated rings. The van der Waals surface area contributed by atoms with E-state index < -0.39 is 6.04 Å². The molecule has 1 saturated heterocycles. The standard InChI is InChI=1S/C31H33FN6O3/c1-21(33)34-13-3-5-26(20-39)38-29-12-7-23(19-28(29)35-30(38)22-4-2-6-27(40)18-22)31(41)37-16-14-36(15-17-37)25-10-8-24(32)9-11-25/h2,4,6-12,18-20,26,34,40H,1,3,5,13-17,33H2. The van der Waals surface area contributed by atoms with Gasteiger partial charge in [0, 0.05) is 49.5 Å². The molecule has 0 radical (unpaired) electrons. The lowest BCUT2D eigenvalue weighted by Crippen LogP contribution is -2.48. The lowest BCUT2D eigenvalue weighted by molar-refractivity contribution is -0.110. The Morgan fingerprint density at radius 2 is 1.85 bits per heavy atom. The number of nitrogens with zero attached hydrogens (tertiary/aromatic N) is 4. The van der Waals surface area contributed by atoms with Gasteiger partial charge in [-0.2, -0.15) is 0 Å². The number of hydrogen-bond donors (Lipinski definition) is 3. The lowest BCUT2D eigenvalue weighted by Gasteiger charge is -2.36. The number of rotatable bonds is 10. The summed E-state index contributed by atoms with van der Waals surface area (Å²) in [6, 6.07) is 17.9. The fraction of sp³-hybridized carbons (Fsp3) is 0.258. The van der Waals surface area contributed by atoms with Gasteiger partial charge in [-0.25, -0.2) is 9.37 Å². The SMILES string of the molecule is C=C(N)NCCCC(C=O)n1c(-c2cccc(O)c2)nc2cc(C(=O)N3CCN(c4ccc(F)cc4)CC3)ccc21. The van der Waals surface area contributed by atoms with Crippen LogP contribution in [0.25, 0.3) is 22.4 Å². The molecule has 1 amide bonds. The Bertz CT molecular complexity index is 1560. The highest BCUT2D eigenvalue weighted by Crippen LogP contribution is 2.32. The number of fused-ring (bicyclic) bond motifs is 1. The Labute approximate surface area is 237 Å². The van der Waals surface area contributed by atoms with E-state index in [1.807, 2.05) is 16.7 Å². The van der Waals surface area contributed by atoms with Gasteiger partial charge in [0.15, 0.2) is 0 Å². The summed E-state index contributed by atoms with van der Waals surface area (Å²) in [6.07, 6.45) is 2.09. The molecule has 10 heteroatoms. The average molecular weight is 557 g/mol. The summed E-state index contributed by atoms with van der Waals surface area (Å²) in [7, 11) is 0. The molecule has 5 rings (SSSR count). The van der Waals surface area contributed by atoms with E-state index in [1.165, 1.54) is 12.1 Å². The van der Waals surface area contributed by atoms with Crippen molar-refractivity contribution in [3.8, 4) is 17.1 Å². The summed E-state index contributed by atoms with van der Waals surface area (Å²) in [5, 5.41) is 13.1. The third kappa shape index (κ3) is 6.16. The van der Waals surface area contributed by atoms with Crippen LogP contribution in [0.15, 0.2) is 79.1 Å². The van der Waals surface area contributed by atoms with Crippen LogP contribution in [0.1, 0.15) is 29.2 Å². The zero-order chi connectivity index (χ0) is 28.9. The number of nitrogens with one attached hydrogen (secondary N) is 1. The molecular weight excluding hydrogens is 523 g/mol. The molecule has 1 atom stereocenters. The van der Waals surface area contributed by atoms with Crippen molar-refractivity contribution in [2.75, 3.05) is 37.6 Å². The van der Waals surface area contributed by atoms with Gasteiger partial charge in [-0.15, -0.1) is 0 Å². The number of aromatic hydroxyl groups is 1. The summed E-state index contributed by atoms with van der Waals surface area (Å²) in [5.41, 5.74) is 8.99. The highest BCUT2D eigenvalue weighted by Gasteiger charge is 2.25. The number of benzene rings is 3. The average Bonchev–Trinajstić information content (AvgIpc) is 3.36. The fourth-order valence-electron chi connectivity index (χ4n) is 5.24. The van der Waals surface area contributed by atoms with Crippen LogP contribution in [0.2, 0.25) is 0 Å². The number of piperazine rings is 1. The number of phenolic OH excluding ortho intramolecular Hbond substituents is 1. The van der Waals surface area contributed by atoms with Crippen LogP contribution in [0.4, 0.5) is 10.1 Å². The third-order valence-electron chi connectivity index (χ3n) is 7.32. The molecule has 4 N–H and O–H groups in total. The molecular formula is C31H33FN6O3. The number of carbonyl (C=O) groups excluding carboxylic acids is 2. The third-order valence-corrected chi connectivity index (χ3v) is 7.32. The number of phenols is 1. The van der Waals surface area contributed by atoms with Crippen molar-refractivity contribution < 1.29 is 19.1 Å². The Balaban J connectivity index is 1.40. The minimum absolute atomic E-state index is 0.0880. The first-order valence-electron chi connectivity index (χ1n) is 13.6. The van der Waals surface area contributed by atoms with E-state index in [2.05, 4.69) is 16.8 Å². The van der Waals surface area contributed by atoms with E-state index in [9.17, 15) is 19.1 Å². The highest BCUT2D eigenvalue weighted by atomic mass is 19.1. The molecule has 0 spiro atoms. The maximum atomic E-state index is 13.5. The number of carbonyl (C=O) groups is 2. The molecule has 41 heavy (non-hydrogen) atoms. The molecule has 3 aromatic carbocycles. The molecule has 2 heterocycles. The molecule has 1 aromatic heterocycles. The second-order valence-electron chi connectivity index (χ2n) is 10.1. The predicted octanol–water partition coefficient (Wildman–Crippen LogP) is 4.05. The quantitative estimate of drug-likeness (QED) is 0.199. The molecule has 0 saturated carbocycles. The summed E-state index contributed by atoms with van der Waals surface area (Å²) < 4.78 is 15.2. The van der Waals surface area contributed by atoms with Gasteiger partial charge >= 0.3 is 0 Å². The normalized spacial score (nSPS) is 14.2. The molecule has 0 bridgehead atoms. The second-order valence-corrected chi connectivity index (χ2v) is 10.1. The smallest absolute Gasteiger partial charge is 0.254 e. The molecule has 4 aromatic rings. The molecule has 1 unspecified atom stereocenters. The molecule has 212 valence electrons. The van der Waals surface area contributed by atoms with Gasteiger partial charge in [-0.05, 0) is 67.4 Å². The zero-order valence-electron chi connectivity index (χ0n) is 22.7. The summed E-state index contributed by atoms with van der Waals surface area (Å²) in [6.45, 7) is 6.56. The zero-order valence-corrected chi connectivity index (χ0v) is 22.7. The van der Waals surface area contributed by atoms with Gasteiger partial charge in [0.1, 0.15) is 23.7 Å². The van der Waals surface area contributed by atoms with Crippen molar-refractivity contribution in [2.24, 2.45) is 5.73 Å². The van der Waals surface area contributed by atoms with Gasteiger partial charge in [-0.1, -0.05) is 18.7 Å². The number of imidazole rings is 1. The lowest BCUT2D eigenvalue weighted by atomic mass is 10.1. The summed E-state index contributed by atoms with van der Waals surface area (Å²) in [4.78, 5) is 34.5. The van der Waals surface area contributed by atoms with Crippen LogP contribution in [0.3, 0.4) is 0 Å². The number of halogens is 1. The maximum Gasteiger partial charge on any atom is 0.254 e. The van der Waals surface area contributed by atoms with Crippen molar-refractivity contribution in [2.45, 2.75) is 18.9 Å². The van der Waals surface area contributed by atoms with E-state index in [4.69, 9.17) is 10.7 Å². The van der Waals surface area contributed by atoms with Gasteiger partial charge in [0.05, 0.1) is 22.9 Å². The first-order valence-corrected chi connectivity index (χ1v) is 13.6. The number of amides is 1. The number of anilines is 1. The van der Waals surface area contributed by atoms with Crippen LogP contribution in [-0.2, 0) is 4.79 Å². The van der Waals surface area contributed by atoms with E-state index in [1.54, 1.807) is 47.4 Å². The van der Waals surface area contributed by atoms with Crippen LogP contribution >= 0.6 is 0 Å². The van der Waals surface area contributed by atoms with E-state index in [-0.39, 0.29) is 17.5 Å². The van der Waals surface area contributed by atoms with E-state index in [0.717, 1.165) is 12.0 Å². The number of aldehydes is 1. The van der Waals surface area contributed by atoms with Crippen LogP contribution in [-0.4, -0.2) is 64.5 Å². The van der Waals surface area contributed by atoms with Gasteiger partial charge in [-0.3, -0.25) is 4.79 Å². The highest BCUT2D eigenvalue weighted by molar-refractivity contribution is 5.98. The second kappa shape index (κ2) is 12.1. The minimum Gasteiger partial charge on any atom is -0.508 e. The van der Waals surface area contributed by atoms with Crippen molar-refractivity contribution in [1.29, 1.82) is 0 Å². The molecule has 9 nitrogen and oxygen atoms in total. The largest absolute Gasteiger partial charge is 0.508 e. The Kier molecular flexibility index (Phi) is 8.19. The van der Waals surface area contributed by atoms with Crippen molar-refractivity contribution in [1.82, 2.24) is 19.8 Å². The molecule has 1 aliphatic rings. The van der Waals surface area contributed by atoms with Crippen LogP contribution in [0.5, 0.6) is 5.75 Å². The Morgan fingerprint density at radius 1 is 1.10 bits per heavy atom. The summed E-state index contributed by atoms with van der Waals surface area (Å²) in [5.74, 6) is 0.614. The van der Waals surface area contributed by atoms with Crippen molar-refractivity contribution >= 4 is 28.9 Å². The van der Waals surface area contributed by atoms with Crippen LogP contribution < -0.4 is 16.0 Å². The monoisotopic (exact) mass is 556 g/mol. The predicted molar refractivity (Wildman–Crippen MR) is 157 cm³/mol.